The first-order chi connectivity index (χ1) is 16.9. The van der Waals surface area contributed by atoms with Gasteiger partial charge in [-0.3, -0.25) is 14.4 Å². The molecule has 1 saturated heterocycles. The van der Waals surface area contributed by atoms with Gasteiger partial charge in [-0.2, -0.15) is 0 Å². The minimum atomic E-state index is -1.04. The lowest BCUT2D eigenvalue weighted by molar-refractivity contribution is -0.144. The summed E-state index contributed by atoms with van der Waals surface area (Å²) in [7, 11) is 0. The lowest BCUT2D eigenvalue weighted by atomic mass is 9.98. The average Bonchev–Trinajstić information content (AvgIpc) is 3.00. The van der Waals surface area contributed by atoms with Crippen LogP contribution in [0, 0.1) is 5.92 Å². The summed E-state index contributed by atoms with van der Waals surface area (Å²) in [4.78, 5) is 49.2. The van der Waals surface area contributed by atoms with E-state index in [1.165, 1.54) is 4.90 Å². The number of hydrogen-bond donors (Lipinski definition) is 3. The van der Waals surface area contributed by atoms with Crippen LogP contribution in [0.2, 0.25) is 0 Å². The zero-order valence-electron chi connectivity index (χ0n) is 19.1. The summed E-state index contributed by atoms with van der Waals surface area (Å²) in [5, 5.41) is 14.0. The Morgan fingerprint density at radius 2 is 1.63 bits per heavy atom. The molecule has 184 valence electrons. The summed E-state index contributed by atoms with van der Waals surface area (Å²) >= 11 is 0. The Morgan fingerprint density at radius 3 is 2.29 bits per heavy atom. The van der Waals surface area contributed by atoms with Gasteiger partial charge in [-0.1, -0.05) is 48.5 Å². The Bertz CT molecular complexity index is 1070. The van der Waals surface area contributed by atoms with E-state index in [9.17, 15) is 24.3 Å². The van der Waals surface area contributed by atoms with E-state index in [2.05, 4.69) is 10.6 Å². The Morgan fingerprint density at radius 1 is 0.971 bits per heavy atom. The number of benzene rings is 2. The second kappa shape index (κ2) is 11.0. The van der Waals surface area contributed by atoms with Gasteiger partial charge in [-0.15, -0.1) is 0 Å². The minimum Gasteiger partial charge on any atom is -0.481 e. The Balaban J connectivity index is 1.21. The van der Waals surface area contributed by atoms with Crippen LogP contribution in [0.1, 0.15) is 17.0 Å². The zero-order chi connectivity index (χ0) is 24.8. The second-order valence-corrected chi connectivity index (χ2v) is 8.41. The monoisotopic (exact) mass is 481 g/mol. The summed E-state index contributed by atoms with van der Waals surface area (Å²) in [5.74, 6) is -2.93. The molecule has 0 spiro atoms. The topological polar surface area (TPSA) is 134 Å². The average molecular weight is 482 g/mol. The summed E-state index contributed by atoms with van der Waals surface area (Å²) in [6.45, 7) is -0.00897. The predicted molar refractivity (Wildman–Crippen MR) is 125 cm³/mol. The van der Waals surface area contributed by atoms with Crippen molar-refractivity contribution in [3.05, 3.63) is 59.7 Å². The van der Waals surface area contributed by atoms with Gasteiger partial charge in [0.15, 0.2) is 0 Å². The van der Waals surface area contributed by atoms with E-state index in [4.69, 9.17) is 9.47 Å². The summed E-state index contributed by atoms with van der Waals surface area (Å²) in [6, 6.07) is 16.0. The molecule has 10 nitrogen and oxygen atoms in total. The van der Waals surface area contributed by atoms with Gasteiger partial charge in [0.1, 0.15) is 13.2 Å². The number of nitrogens with zero attached hydrogens (tertiary/aromatic N) is 1. The molecular weight excluding hydrogens is 454 g/mol. The third-order valence-corrected chi connectivity index (χ3v) is 6.14. The number of hydrogen-bond acceptors (Lipinski definition) is 6. The standard InChI is InChI=1S/C25H27N3O7/c29-22(26-12-23(30)28-9-10-34-14-16(13-28)24(31)32)11-27-25(33)35-15-21-19-7-3-1-5-17(19)18-6-2-4-8-20(18)21/h1-8,16,21H,9-15H2,(H,26,29)(H,27,33)(H,31,32). The highest BCUT2D eigenvalue weighted by atomic mass is 16.5. The second-order valence-electron chi connectivity index (χ2n) is 8.41. The number of carbonyl (C=O) groups excluding carboxylic acids is 3. The number of amides is 3. The van der Waals surface area contributed by atoms with Crippen LogP contribution in [0.5, 0.6) is 0 Å². The molecule has 2 aromatic carbocycles. The highest BCUT2D eigenvalue weighted by Crippen LogP contribution is 2.44. The van der Waals surface area contributed by atoms with Gasteiger partial charge in [0, 0.05) is 19.0 Å². The number of rotatable bonds is 7. The van der Waals surface area contributed by atoms with Crippen LogP contribution in [0.4, 0.5) is 4.79 Å². The van der Waals surface area contributed by atoms with E-state index in [0.29, 0.717) is 0 Å². The van der Waals surface area contributed by atoms with Crippen molar-refractivity contribution in [1.29, 1.82) is 0 Å². The molecule has 3 N–H and O–H groups in total. The lowest BCUT2D eigenvalue weighted by Crippen LogP contribution is -2.45. The molecular formula is C25H27N3O7. The molecule has 1 aliphatic carbocycles. The highest BCUT2D eigenvalue weighted by Gasteiger charge is 2.29. The molecule has 4 rings (SSSR count). The molecule has 1 aliphatic heterocycles. The normalized spacial score (nSPS) is 17.0. The quantitative estimate of drug-likeness (QED) is 0.541. The minimum absolute atomic E-state index is 0.0159. The van der Waals surface area contributed by atoms with Crippen molar-refractivity contribution in [3.8, 4) is 11.1 Å². The van der Waals surface area contributed by atoms with Crippen LogP contribution in [-0.4, -0.2) is 79.9 Å². The van der Waals surface area contributed by atoms with Crippen LogP contribution in [0.15, 0.2) is 48.5 Å². The lowest BCUT2D eigenvalue weighted by Gasteiger charge is -2.22. The third-order valence-electron chi connectivity index (χ3n) is 6.14. The molecule has 1 heterocycles. The van der Waals surface area contributed by atoms with Crippen LogP contribution in [-0.2, 0) is 23.9 Å². The number of ether oxygens (including phenoxy) is 2. The maximum absolute atomic E-state index is 12.4. The number of nitrogens with one attached hydrogen (secondary N) is 2. The van der Waals surface area contributed by atoms with Crippen molar-refractivity contribution in [3.63, 3.8) is 0 Å². The SMILES string of the molecule is O=C(CNC(=O)OCC1c2ccccc2-c2ccccc21)NCC(=O)N1CCOCC(C(=O)O)C1. The van der Waals surface area contributed by atoms with Crippen LogP contribution >= 0.6 is 0 Å². The van der Waals surface area contributed by atoms with Gasteiger partial charge in [-0.25, -0.2) is 4.79 Å². The van der Waals surface area contributed by atoms with Crippen molar-refractivity contribution in [2.75, 3.05) is 46.0 Å². The number of fused-ring (bicyclic) bond motifs is 3. The summed E-state index contributed by atoms with van der Waals surface area (Å²) in [6.07, 6.45) is -0.734. The molecule has 0 radical (unpaired) electrons. The fourth-order valence-corrected chi connectivity index (χ4v) is 4.34. The Labute approximate surface area is 202 Å². The van der Waals surface area contributed by atoms with Gasteiger partial charge >= 0.3 is 12.1 Å². The number of carbonyl (C=O) groups is 4. The number of carboxylic acid groups (broad SMARTS) is 1. The molecule has 10 heteroatoms. The van der Waals surface area contributed by atoms with Crippen molar-refractivity contribution in [2.45, 2.75) is 5.92 Å². The van der Waals surface area contributed by atoms with Crippen molar-refractivity contribution in [1.82, 2.24) is 15.5 Å². The largest absolute Gasteiger partial charge is 0.481 e. The van der Waals surface area contributed by atoms with E-state index in [1.807, 2.05) is 48.5 Å². The van der Waals surface area contributed by atoms with E-state index in [-0.39, 0.29) is 51.9 Å². The summed E-state index contributed by atoms with van der Waals surface area (Å²) in [5.41, 5.74) is 4.40. The highest BCUT2D eigenvalue weighted by molar-refractivity contribution is 5.87. The van der Waals surface area contributed by atoms with Gasteiger partial charge in [-0.05, 0) is 22.3 Å². The summed E-state index contributed by atoms with van der Waals surface area (Å²) < 4.78 is 10.6. The zero-order valence-corrected chi connectivity index (χ0v) is 19.1. The van der Waals surface area contributed by atoms with E-state index in [1.54, 1.807) is 0 Å². The fourth-order valence-electron chi connectivity index (χ4n) is 4.34. The van der Waals surface area contributed by atoms with Crippen LogP contribution in [0.3, 0.4) is 0 Å². The molecule has 3 amide bonds. The molecule has 2 aromatic rings. The van der Waals surface area contributed by atoms with E-state index >= 15 is 0 Å². The fraction of sp³-hybridized carbons (Fsp3) is 0.360. The first-order valence-electron chi connectivity index (χ1n) is 11.4. The maximum atomic E-state index is 12.4. The molecule has 0 saturated carbocycles. The van der Waals surface area contributed by atoms with E-state index in [0.717, 1.165) is 22.3 Å². The molecule has 1 unspecified atom stereocenters. The number of carboxylic acids is 1. The molecule has 35 heavy (non-hydrogen) atoms. The van der Waals surface area contributed by atoms with Gasteiger partial charge in [0.2, 0.25) is 11.8 Å². The first-order valence-corrected chi connectivity index (χ1v) is 11.4. The predicted octanol–water partition coefficient (Wildman–Crippen LogP) is 1.20. The van der Waals surface area contributed by atoms with E-state index < -0.39 is 29.8 Å². The molecule has 1 atom stereocenters. The van der Waals surface area contributed by atoms with Crippen molar-refractivity contribution >= 4 is 23.9 Å². The van der Waals surface area contributed by atoms with Gasteiger partial charge in [0.05, 0.1) is 25.7 Å². The number of aliphatic carboxylic acids is 1. The van der Waals surface area contributed by atoms with Gasteiger partial charge in [0.25, 0.3) is 0 Å². The molecule has 0 aromatic heterocycles. The molecule has 1 fully saturated rings. The van der Waals surface area contributed by atoms with Crippen molar-refractivity contribution < 1.29 is 33.8 Å². The third kappa shape index (κ3) is 5.78. The molecule has 0 bridgehead atoms. The molecule has 2 aliphatic rings. The van der Waals surface area contributed by atoms with Crippen molar-refractivity contribution in [2.24, 2.45) is 5.92 Å². The van der Waals surface area contributed by atoms with Crippen LogP contribution in [0.25, 0.3) is 11.1 Å². The smallest absolute Gasteiger partial charge is 0.407 e. The first kappa shape index (κ1) is 24.2. The maximum Gasteiger partial charge on any atom is 0.407 e. The Kier molecular flexibility index (Phi) is 7.61. The van der Waals surface area contributed by atoms with Crippen LogP contribution < -0.4 is 10.6 Å². The van der Waals surface area contributed by atoms with Gasteiger partial charge < -0.3 is 30.1 Å². The Hall–Kier alpha value is -3.92. The number of alkyl carbamates (subject to hydrolysis) is 1.